The summed E-state index contributed by atoms with van der Waals surface area (Å²) in [4.78, 5) is 51.1. The van der Waals surface area contributed by atoms with Crippen LogP contribution in [-0.4, -0.2) is 74.1 Å². The van der Waals surface area contributed by atoms with Gasteiger partial charge in [0.1, 0.15) is 12.2 Å². The number of amides is 2. The first kappa shape index (κ1) is 40.0. The fourth-order valence-electron chi connectivity index (χ4n) is 4.46. The monoisotopic (exact) mass is 690 g/mol. The van der Waals surface area contributed by atoms with Crippen molar-refractivity contribution < 1.29 is 46.9 Å². The number of hydrogen-bond donors (Lipinski definition) is 5. The highest BCUT2D eigenvalue weighted by Gasteiger charge is 2.38. The lowest BCUT2D eigenvalue weighted by molar-refractivity contribution is -0.192. The number of fused-ring (bicyclic) bond motifs is 1. The molecule has 0 aliphatic heterocycles. The molecule has 2 aromatic carbocycles. The average molecular weight is 691 g/mol. The molecule has 0 radical (unpaired) electrons. The number of aryl methyl sites for hydroxylation is 1. The molecule has 1 unspecified atom stereocenters. The fourth-order valence-corrected chi connectivity index (χ4v) is 4.46. The first-order valence-electron chi connectivity index (χ1n) is 15.1. The number of hydrogen-bond acceptors (Lipinski definition) is 8. The third-order valence-corrected chi connectivity index (χ3v) is 6.87. The number of ether oxygens (including phenoxy) is 3. The van der Waals surface area contributed by atoms with Crippen LogP contribution in [0, 0.1) is 6.92 Å². The number of allylic oxidation sites excluding steroid dienone is 2. The minimum Gasteiger partial charge on any atom is -0.493 e. The Kier molecular flexibility index (Phi) is 15.5. The van der Waals surface area contributed by atoms with Crippen molar-refractivity contribution in [3.8, 4) is 11.5 Å². The van der Waals surface area contributed by atoms with E-state index < -0.39 is 23.6 Å². The number of nitrogens with two attached hydrogens (primary N) is 1. The molecule has 2 amide bonds. The molecular formula is C34H41F3N4O8. The zero-order chi connectivity index (χ0) is 36.7. The van der Waals surface area contributed by atoms with Gasteiger partial charge in [0.25, 0.3) is 17.4 Å². The summed E-state index contributed by atoms with van der Waals surface area (Å²) < 4.78 is 47.9. The van der Waals surface area contributed by atoms with Gasteiger partial charge in [-0.2, -0.15) is 13.2 Å². The summed E-state index contributed by atoms with van der Waals surface area (Å²) >= 11 is 0. The molecule has 0 spiro atoms. The third-order valence-electron chi connectivity index (χ3n) is 6.87. The first-order chi connectivity index (χ1) is 23.2. The van der Waals surface area contributed by atoms with E-state index in [2.05, 4.69) is 21.7 Å². The molecule has 12 nitrogen and oxygen atoms in total. The molecule has 3 aromatic rings. The average Bonchev–Trinajstić information content (AvgIpc) is 3.04. The molecule has 6 N–H and O–H groups in total. The van der Waals surface area contributed by atoms with Gasteiger partial charge in [0, 0.05) is 29.8 Å². The van der Waals surface area contributed by atoms with E-state index in [4.69, 9.17) is 29.8 Å². The van der Waals surface area contributed by atoms with Gasteiger partial charge in [0.05, 0.1) is 25.3 Å². The summed E-state index contributed by atoms with van der Waals surface area (Å²) in [6.45, 7) is 6.86. The zero-order valence-electron chi connectivity index (χ0n) is 27.8. The predicted molar refractivity (Wildman–Crippen MR) is 179 cm³/mol. The predicted octanol–water partition coefficient (Wildman–Crippen LogP) is 5.12. The number of benzene rings is 2. The Morgan fingerprint density at radius 1 is 1.06 bits per heavy atom. The Morgan fingerprint density at radius 2 is 1.76 bits per heavy atom. The van der Waals surface area contributed by atoms with Crippen LogP contribution in [0.25, 0.3) is 10.9 Å². The molecule has 1 atom stereocenters. The molecule has 1 heterocycles. The number of carbonyl (C=O) groups excluding carboxylic acids is 2. The summed E-state index contributed by atoms with van der Waals surface area (Å²) in [6.07, 6.45) is 2.27. The molecule has 0 bridgehead atoms. The van der Waals surface area contributed by atoms with Gasteiger partial charge in [-0.3, -0.25) is 14.4 Å². The number of rotatable bonds is 14. The van der Waals surface area contributed by atoms with Crippen molar-refractivity contribution in [1.82, 2.24) is 10.3 Å². The Morgan fingerprint density at radius 3 is 2.33 bits per heavy atom. The second kappa shape index (κ2) is 19.0. The van der Waals surface area contributed by atoms with Crippen LogP contribution >= 0.6 is 0 Å². The van der Waals surface area contributed by atoms with Crippen molar-refractivity contribution in [2.75, 3.05) is 39.3 Å². The molecule has 0 aliphatic rings. The number of alkyl halides is 3. The Balaban J connectivity index is 0.00000107. The molecule has 0 fully saturated rings. The number of carboxylic acids is 1. The molecular weight excluding hydrogens is 649 g/mol. The number of methoxy groups -OCH3 is 2. The zero-order valence-corrected chi connectivity index (χ0v) is 27.8. The maximum atomic E-state index is 13.3. The normalized spacial score (nSPS) is 12.2. The number of anilines is 1. The Hall–Kier alpha value is -5.15. The van der Waals surface area contributed by atoms with Crippen molar-refractivity contribution in [1.29, 1.82) is 0 Å². The second-order valence-electron chi connectivity index (χ2n) is 10.4. The summed E-state index contributed by atoms with van der Waals surface area (Å²) in [6, 6.07) is 9.62. The number of carboxylic acid groups (broad SMARTS) is 1. The van der Waals surface area contributed by atoms with Gasteiger partial charge in [0.2, 0.25) is 0 Å². The van der Waals surface area contributed by atoms with E-state index in [0.717, 1.165) is 17.6 Å². The van der Waals surface area contributed by atoms with Crippen molar-refractivity contribution >= 4 is 34.4 Å². The highest BCUT2D eigenvalue weighted by molar-refractivity contribution is 6.07. The van der Waals surface area contributed by atoms with E-state index in [0.29, 0.717) is 59.8 Å². The third kappa shape index (κ3) is 11.8. The van der Waals surface area contributed by atoms with Crippen molar-refractivity contribution in [2.24, 2.45) is 5.73 Å². The summed E-state index contributed by atoms with van der Waals surface area (Å²) in [7, 11) is 3.08. The van der Waals surface area contributed by atoms with Crippen molar-refractivity contribution in [3.05, 3.63) is 87.2 Å². The van der Waals surface area contributed by atoms with Crippen LogP contribution in [0.3, 0.4) is 0 Å². The van der Waals surface area contributed by atoms with Gasteiger partial charge in [-0.25, -0.2) is 4.79 Å². The number of pyridine rings is 1. The molecule has 49 heavy (non-hydrogen) atoms. The highest BCUT2D eigenvalue weighted by Crippen LogP contribution is 2.31. The summed E-state index contributed by atoms with van der Waals surface area (Å²) in [5.41, 5.74) is 8.16. The molecule has 0 saturated heterocycles. The topological polar surface area (TPSA) is 182 Å². The van der Waals surface area contributed by atoms with Gasteiger partial charge >= 0.3 is 12.1 Å². The number of carbonyl (C=O) groups is 3. The van der Waals surface area contributed by atoms with Gasteiger partial charge < -0.3 is 40.7 Å². The van der Waals surface area contributed by atoms with E-state index in [1.165, 1.54) is 13.2 Å². The van der Waals surface area contributed by atoms with Gasteiger partial charge in [-0.15, -0.1) is 0 Å². The quantitative estimate of drug-likeness (QED) is 0.113. The molecule has 0 saturated carbocycles. The highest BCUT2D eigenvalue weighted by atomic mass is 19.4. The van der Waals surface area contributed by atoms with Crippen LogP contribution in [0.1, 0.15) is 53.0 Å². The van der Waals surface area contributed by atoms with Gasteiger partial charge in [0.15, 0.2) is 11.5 Å². The molecule has 1 aromatic heterocycles. The smallest absolute Gasteiger partial charge is 0.490 e. The van der Waals surface area contributed by atoms with E-state index in [9.17, 15) is 27.6 Å². The van der Waals surface area contributed by atoms with Gasteiger partial charge in [-0.1, -0.05) is 31.2 Å². The summed E-state index contributed by atoms with van der Waals surface area (Å²) in [5, 5.41) is 13.6. The SMILES string of the molecule is C/C=C\C(=C/CC)C(CCN)NC(=O)c1ccc(C)c(NC(=O)c2cc3cc(OCCOC)c(OC)cc3[nH]c2=O)c1.O=C(O)C(F)(F)F. The maximum Gasteiger partial charge on any atom is 0.490 e. The van der Waals surface area contributed by atoms with Gasteiger partial charge in [-0.05, 0) is 68.6 Å². The van der Waals surface area contributed by atoms with Crippen LogP contribution in [-0.2, 0) is 9.53 Å². The lowest BCUT2D eigenvalue weighted by Crippen LogP contribution is -2.37. The number of aromatic amines is 1. The minimum absolute atomic E-state index is 0.0894. The standard InChI is InChI=1S/C32H40N4O6.C2HF3O2/c1-6-8-21(9-7-2)25(12-13-33)34-30(37)22-11-10-20(3)26(17-22)35-31(38)24-16-23-18-29(42-15-14-40-4)28(41-5)19-27(23)36-32(24)39;3-2(4,5)1(6)7/h6,8-11,16-19,25H,7,12-15,33H2,1-5H3,(H,34,37)(H,35,38)(H,36,39);(H,6,7)/b8-6-,21-9+;. The lowest BCUT2D eigenvalue weighted by atomic mass is 10.0. The minimum atomic E-state index is -5.08. The van der Waals surface area contributed by atoms with E-state index in [1.54, 1.807) is 37.4 Å². The van der Waals surface area contributed by atoms with E-state index in [1.807, 2.05) is 32.9 Å². The summed E-state index contributed by atoms with van der Waals surface area (Å²) in [5.74, 6) is -2.77. The van der Waals surface area contributed by atoms with E-state index >= 15 is 0 Å². The number of H-pyrrole nitrogens is 1. The molecule has 266 valence electrons. The van der Waals surface area contributed by atoms with E-state index in [-0.39, 0.29) is 17.5 Å². The van der Waals surface area contributed by atoms with Crippen LogP contribution < -0.4 is 31.4 Å². The van der Waals surface area contributed by atoms with Crippen LogP contribution in [0.5, 0.6) is 11.5 Å². The maximum absolute atomic E-state index is 13.3. The largest absolute Gasteiger partial charge is 0.493 e. The van der Waals surface area contributed by atoms with Crippen LogP contribution in [0.4, 0.5) is 18.9 Å². The number of aromatic nitrogens is 1. The Labute approximate surface area is 281 Å². The van der Waals surface area contributed by atoms with Crippen LogP contribution in [0.2, 0.25) is 0 Å². The number of aliphatic carboxylic acids is 1. The molecule has 3 rings (SSSR count). The number of nitrogens with one attached hydrogen (secondary N) is 3. The van der Waals surface area contributed by atoms with Crippen molar-refractivity contribution in [3.63, 3.8) is 0 Å². The number of halogens is 3. The Bertz CT molecular complexity index is 1730. The second-order valence-corrected chi connectivity index (χ2v) is 10.4. The first-order valence-corrected chi connectivity index (χ1v) is 15.1. The lowest BCUT2D eigenvalue weighted by Gasteiger charge is -2.20. The fraction of sp³-hybridized carbons (Fsp3) is 0.353. The van der Waals surface area contributed by atoms with Crippen molar-refractivity contribution in [2.45, 2.75) is 45.8 Å². The van der Waals surface area contributed by atoms with Crippen LogP contribution in [0.15, 0.2) is 65.0 Å². The molecule has 15 heteroatoms. The molecule has 0 aliphatic carbocycles.